The summed E-state index contributed by atoms with van der Waals surface area (Å²) in [6, 6.07) is 4.79. The number of hydrogen-bond acceptors (Lipinski definition) is 7. The van der Waals surface area contributed by atoms with E-state index in [1.807, 2.05) is 0 Å². The normalized spacial score (nSPS) is 12.4. The van der Waals surface area contributed by atoms with E-state index >= 15 is 0 Å². The second-order valence-corrected chi connectivity index (χ2v) is 9.00. The van der Waals surface area contributed by atoms with Gasteiger partial charge in [0.05, 0.1) is 23.4 Å². The van der Waals surface area contributed by atoms with Crippen LogP contribution >= 0.6 is 11.3 Å². The average Bonchev–Trinajstić information content (AvgIpc) is 3.22. The minimum atomic E-state index is -4.38. The van der Waals surface area contributed by atoms with E-state index in [2.05, 4.69) is 15.1 Å². The lowest BCUT2D eigenvalue weighted by Gasteiger charge is -2.06. The largest absolute Gasteiger partial charge is 0.416 e. The van der Waals surface area contributed by atoms with E-state index < -0.39 is 21.6 Å². The molecule has 11 heteroatoms. The maximum absolute atomic E-state index is 12.6. The molecule has 3 rings (SSSR count). The first-order valence-electron chi connectivity index (χ1n) is 7.71. The zero-order chi connectivity index (χ0) is 19.7. The first kappa shape index (κ1) is 19.5. The number of alkyl halides is 3. The second kappa shape index (κ2) is 7.39. The molecule has 6 nitrogen and oxygen atoms in total. The summed E-state index contributed by atoms with van der Waals surface area (Å²) in [5.74, 6) is 0.525. The molecular formula is C16H14F3N3O3S2. The zero-order valence-electron chi connectivity index (χ0n) is 14.0. The Morgan fingerprint density at radius 2 is 1.85 bits per heavy atom. The van der Waals surface area contributed by atoms with Gasteiger partial charge in [0.1, 0.15) is 14.8 Å². The molecule has 3 aromatic rings. The molecular weight excluding hydrogens is 403 g/mol. The summed E-state index contributed by atoms with van der Waals surface area (Å²) in [5, 5.41) is 6.07. The van der Waals surface area contributed by atoms with Crippen LogP contribution in [0.25, 0.3) is 10.6 Å². The number of halogens is 3. The van der Waals surface area contributed by atoms with Crippen molar-refractivity contribution in [2.24, 2.45) is 0 Å². The van der Waals surface area contributed by atoms with E-state index in [4.69, 9.17) is 4.52 Å². The summed E-state index contributed by atoms with van der Waals surface area (Å²) in [6.07, 6.45) is -2.83. The van der Waals surface area contributed by atoms with Gasteiger partial charge in [-0.05, 0) is 12.1 Å². The summed E-state index contributed by atoms with van der Waals surface area (Å²) in [4.78, 5) is 8.50. The molecule has 0 saturated carbocycles. The molecule has 0 saturated heterocycles. The fourth-order valence-corrected chi connectivity index (χ4v) is 3.60. The van der Waals surface area contributed by atoms with Crippen LogP contribution < -0.4 is 0 Å². The second-order valence-electron chi connectivity index (χ2n) is 5.88. The Morgan fingerprint density at radius 1 is 1.15 bits per heavy atom. The predicted octanol–water partition coefficient (Wildman–Crippen LogP) is 3.39. The van der Waals surface area contributed by atoms with Crippen LogP contribution in [0.5, 0.6) is 0 Å². The fraction of sp³-hybridized carbons (Fsp3) is 0.312. The van der Waals surface area contributed by atoms with Crippen LogP contribution in [0.2, 0.25) is 0 Å². The minimum absolute atomic E-state index is 0.0687. The van der Waals surface area contributed by atoms with Crippen molar-refractivity contribution in [1.82, 2.24) is 15.1 Å². The SMILES string of the molecule is CS(=O)(=O)CCc1noc(Cc2csc(-c3ccc(C(F)(F)F)cc3)n2)n1. The highest BCUT2D eigenvalue weighted by Crippen LogP contribution is 2.31. The molecule has 0 aliphatic heterocycles. The van der Waals surface area contributed by atoms with Gasteiger partial charge in [-0.2, -0.15) is 18.2 Å². The Kier molecular flexibility index (Phi) is 5.33. The highest BCUT2D eigenvalue weighted by atomic mass is 32.2. The number of aromatic nitrogens is 3. The van der Waals surface area contributed by atoms with E-state index in [-0.39, 0.29) is 18.6 Å². The van der Waals surface area contributed by atoms with Gasteiger partial charge in [0.2, 0.25) is 5.89 Å². The number of sulfone groups is 1. The van der Waals surface area contributed by atoms with Gasteiger partial charge < -0.3 is 4.52 Å². The number of hydrogen-bond donors (Lipinski definition) is 0. The molecule has 0 radical (unpaired) electrons. The van der Waals surface area contributed by atoms with Crippen LogP contribution in [0.15, 0.2) is 34.2 Å². The van der Waals surface area contributed by atoms with E-state index in [0.717, 1.165) is 18.4 Å². The first-order chi connectivity index (χ1) is 12.6. The van der Waals surface area contributed by atoms with E-state index in [1.165, 1.54) is 23.5 Å². The zero-order valence-corrected chi connectivity index (χ0v) is 15.7. The van der Waals surface area contributed by atoms with Crippen molar-refractivity contribution in [1.29, 1.82) is 0 Å². The first-order valence-corrected chi connectivity index (χ1v) is 10.7. The molecule has 0 amide bonds. The molecule has 1 aromatic carbocycles. The molecule has 27 heavy (non-hydrogen) atoms. The average molecular weight is 417 g/mol. The minimum Gasteiger partial charge on any atom is -0.339 e. The van der Waals surface area contributed by atoms with Crippen molar-refractivity contribution in [3.63, 3.8) is 0 Å². The lowest BCUT2D eigenvalue weighted by atomic mass is 10.1. The maximum Gasteiger partial charge on any atom is 0.416 e. The fourth-order valence-electron chi connectivity index (χ4n) is 2.22. The molecule has 144 valence electrons. The van der Waals surface area contributed by atoms with Gasteiger partial charge in [0, 0.05) is 23.6 Å². The smallest absolute Gasteiger partial charge is 0.339 e. The van der Waals surface area contributed by atoms with Gasteiger partial charge in [0.25, 0.3) is 0 Å². The summed E-state index contributed by atoms with van der Waals surface area (Å²) in [5.41, 5.74) is 0.502. The third-order valence-corrected chi connectivity index (χ3v) is 5.44. The summed E-state index contributed by atoms with van der Waals surface area (Å²) in [7, 11) is -3.11. The Labute approximate surface area is 157 Å². The molecule has 2 aromatic heterocycles. The van der Waals surface area contributed by atoms with Crippen LogP contribution in [0.3, 0.4) is 0 Å². The molecule has 0 aliphatic carbocycles. The van der Waals surface area contributed by atoms with Crippen molar-refractivity contribution in [3.8, 4) is 10.6 Å². The van der Waals surface area contributed by atoms with E-state index in [9.17, 15) is 21.6 Å². The van der Waals surface area contributed by atoms with Gasteiger partial charge in [-0.15, -0.1) is 11.3 Å². The third-order valence-electron chi connectivity index (χ3n) is 3.55. The van der Waals surface area contributed by atoms with Crippen LogP contribution in [-0.2, 0) is 28.9 Å². The molecule has 0 fully saturated rings. The van der Waals surface area contributed by atoms with E-state index in [0.29, 0.717) is 28.0 Å². The Hall–Kier alpha value is -2.27. The Morgan fingerprint density at radius 3 is 2.48 bits per heavy atom. The number of aryl methyl sites for hydroxylation is 1. The molecule has 2 heterocycles. The maximum atomic E-state index is 12.6. The van der Waals surface area contributed by atoms with E-state index in [1.54, 1.807) is 5.38 Å². The van der Waals surface area contributed by atoms with Gasteiger partial charge >= 0.3 is 6.18 Å². The molecule has 0 atom stereocenters. The highest BCUT2D eigenvalue weighted by molar-refractivity contribution is 7.90. The number of nitrogens with zero attached hydrogens (tertiary/aromatic N) is 3. The van der Waals surface area contributed by atoms with Crippen LogP contribution in [0, 0.1) is 0 Å². The molecule has 0 spiro atoms. The lowest BCUT2D eigenvalue weighted by molar-refractivity contribution is -0.137. The van der Waals surface area contributed by atoms with Gasteiger partial charge in [0.15, 0.2) is 5.82 Å². The van der Waals surface area contributed by atoms with Crippen molar-refractivity contribution >= 4 is 21.2 Å². The van der Waals surface area contributed by atoms with Crippen molar-refractivity contribution in [2.75, 3.05) is 12.0 Å². The quantitative estimate of drug-likeness (QED) is 0.611. The molecule has 0 bridgehead atoms. The van der Waals surface area contributed by atoms with Gasteiger partial charge in [-0.25, -0.2) is 13.4 Å². The summed E-state index contributed by atoms with van der Waals surface area (Å²) >= 11 is 1.29. The predicted molar refractivity (Wildman–Crippen MR) is 93.1 cm³/mol. The Bertz CT molecular complexity index is 1030. The molecule has 0 aliphatic rings. The number of rotatable bonds is 6. The molecule has 0 unspecified atom stereocenters. The lowest BCUT2D eigenvalue weighted by Crippen LogP contribution is -2.06. The van der Waals surface area contributed by atoms with Gasteiger partial charge in [-0.3, -0.25) is 0 Å². The van der Waals surface area contributed by atoms with Crippen molar-refractivity contribution in [3.05, 3.63) is 52.6 Å². The number of benzene rings is 1. The van der Waals surface area contributed by atoms with Crippen LogP contribution in [0.1, 0.15) is 23.0 Å². The van der Waals surface area contributed by atoms with Crippen molar-refractivity contribution < 1.29 is 26.1 Å². The standard InChI is InChI=1S/C16H14F3N3O3S2/c1-27(23,24)7-6-13-21-14(25-22-13)8-12-9-26-15(20-12)10-2-4-11(5-3-10)16(17,18)19/h2-5,9H,6-8H2,1H3. The summed E-state index contributed by atoms with van der Waals surface area (Å²) in [6.45, 7) is 0. The highest BCUT2D eigenvalue weighted by Gasteiger charge is 2.30. The summed E-state index contributed by atoms with van der Waals surface area (Å²) < 4.78 is 65.3. The topological polar surface area (TPSA) is 86.0 Å². The number of thiazole rings is 1. The van der Waals surface area contributed by atoms with Crippen LogP contribution in [0.4, 0.5) is 13.2 Å². The Balaban J connectivity index is 1.67. The third kappa shape index (κ3) is 5.36. The monoisotopic (exact) mass is 417 g/mol. The van der Waals surface area contributed by atoms with Crippen molar-refractivity contribution in [2.45, 2.75) is 19.0 Å². The van der Waals surface area contributed by atoms with Gasteiger partial charge in [-0.1, -0.05) is 17.3 Å². The van der Waals surface area contributed by atoms with Crippen LogP contribution in [-0.4, -0.2) is 35.6 Å². The molecule has 0 N–H and O–H groups in total.